The van der Waals surface area contributed by atoms with Crippen molar-refractivity contribution in [2.75, 3.05) is 26.2 Å². The van der Waals surface area contributed by atoms with Gasteiger partial charge in [0.05, 0.1) is 0 Å². The minimum absolute atomic E-state index is 0. The fourth-order valence-corrected chi connectivity index (χ4v) is 0.519. The monoisotopic (exact) mass is 216 g/mol. The number of nitrogens with two attached hydrogens (primary N) is 1. The predicted octanol–water partition coefficient (Wildman–Crippen LogP) is -1.40. The van der Waals surface area contributed by atoms with Gasteiger partial charge in [0.2, 0.25) is 0 Å². The van der Waals surface area contributed by atoms with Crippen LogP contribution in [0, 0.1) is 0 Å². The number of carbonyl (C=O) groups is 1. The molecule has 0 aliphatic heterocycles. The van der Waals surface area contributed by atoms with Gasteiger partial charge in [-0.1, -0.05) is 0 Å². The third-order valence-electron chi connectivity index (χ3n) is 0.941. The van der Waals surface area contributed by atoms with Crippen LogP contribution in [0.25, 0.3) is 0 Å². The molecule has 5 nitrogen and oxygen atoms in total. The number of nitrogens with one attached hydrogen (secondary N) is 2. The van der Waals surface area contributed by atoms with Crippen molar-refractivity contribution in [2.24, 2.45) is 5.73 Å². The fraction of sp³-hybridized carbons (Fsp3) is 0.833. The molecule has 0 aromatic carbocycles. The summed E-state index contributed by atoms with van der Waals surface area (Å²) in [5.41, 5.74) is 7.71. The Morgan fingerprint density at radius 1 is 1.42 bits per heavy atom. The Balaban J connectivity index is 0. The van der Waals surface area contributed by atoms with E-state index in [9.17, 15) is 4.79 Å². The Bertz CT molecular complexity index is 113. The topological polar surface area (TPSA) is 76.4 Å². The summed E-state index contributed by atoms with van der Waals surface area (Å²) in [6.07, 6.45) is 0. The van der Waals surface area contributed by atoms with E-state index >= 15 is 0 Å². The summed E-state index contributed by atoms with van der Waals surface area (Å²) in [7, 11) is 0. The maximum Gasteiger partial charge on any atom is 0.321 e. The molecule has 73 valence electrons. The van der Waals surface area contributed by atoms with Gasteiger partial charge in [-0.2, -0.15) is 5.48 Å². The van der Waals surface area contributed by atoms with E-state index in [-0.39, 0.29) is 23.0 Å². The van der Waals surface area contributed by atoms with Gasteiger partial charge in [-0.15, -0.1) is 0 Å². The Kier molecular flexibility index (Phi) is 13.0. The number of hydrogen-bond acceptors (Lipinski definition) is 5. The number of rotatable bonds is 6. The second kappa shape index (κ2) is 10.9. The molecule has 0 heterocycles. The molecule has 0 aliphatic rings. The first-order chi connectivity index (χ1) is 5.27. The van der Waals surface area contributed by atoms with E-state index < -0.39 is 0 Å². The summed E-state index contributed by atoms with van der Waals surface area (Å²) in [4.78, 5) is 14.7. The van der Waals surface area contributed by atoms with Crippen molar-refractivity contribution in [1.82, 2.24) is 10.8 Å². The van der Waals surface area contributed by atoms with Crippen LogP contribution in [0.4, 0.5) is 0 Å². The van der Waals surface area contributed by atoms with Gasteiger partial charge in [-0.05, 0) is 0 Å². The van der Waals surface area contributed by atoms with Crippen molar-refractivity contribution >= 4 is 5.97 Å². The summed E-state index contributed by atoms with van der Waals surface area (Å²) < 4.78 is 0. The van der Waals surface area contributed by atoms with E-state index in [2.05, 4.69) is 15.6 Å². The summed E-state index contributed by atoms with van der Waals surface area (Å²) in [6, 6.07) is 0. The van der Waals surface area contributed by atoms with Crippen LogP contribution in [-0.2, 0) is 26.7 Å². The standard InChI is InChI=1S/C6H15N3O2.Mn/c1-6(10)11-9-5-4-8-3-2-7;/h8-9H,2-5,7H2,1H3;. The Morgan fingerprint density at radius 3 is 2.58 bits per heavy atom. The van der Waals surface area contributed by atoms with E-state index in [1.165, 1.54) is 6.92 Å². The average Bonchev–Trinajstić information content (AvgIpc) is 1.96. The molecule has 0 amide bonds. The molecule has 0 saturated carbocycles. The fourth-order valence-electron chi connectivity index (χ4n) is 0.519. The van der Waals surface area contributed by atoms with Crippen LogP contribution in [0.15, 0.2) is 0 Å². The molecule has 0 saturated heterocycles. The molecule has 0 bridgehead atoms. The van der Waals surface area contributed by atoms with Gasteiger partial charge < -0.3 is 15.9 Å². The van der Waals surface area contributed by atoms with E-state index in [0.29, 0.717) is 13.1 Å². The van der Waals surface area contributed by atoms with Crippen LogP contribution < -0.4 is 16.5 Å². The minimum atomic E-state index is -0.330. The molecule has 0 spiro atoms. The maximum absolute atomic E-state index is 10.2. The summed E-state index contributed by atoms with van der Waals surface area (Å²) >= 11 is 0. The van der Waals surface area contributed by atoms with E-state index in [0.717, 1.165) is 13.1 Å². The first-order valence-electron chi connectivity index (χ1n) is 3.58. The van der Waals surface area contributed by atoms with Gasteiger partial charge in [-0.3, -0.25) is 4.79 Å². The van der Waals surface area contributed by atoms with Crippen molar-refractivity contribution in [3.8, 4) is 0 Å². The Hall–Kier alpha value is -0.131. The summed E-state index contributed by atoms with van der Waals surface area (Å²) in [6.45, 7) is 4.08. The molecule has 1 radical (unpaired) electrons. The number of hydrogen-bond donors (Lipinski definition) is 3. The SMILES string of the molecule is CC(=O)ONCCNCCN.[Mn]. The molecule has 0 fully saturated rings. The molecule has 0 aliphatic carbocycles. The van der Waals surface area contributed by atoms with Crippen molar-refractivity contribution < 1.29 is 26.7 Å². The molecule has 0 rings (SSSR count). The average molecular weight is 216 g/mol. The van der Waals surface area contributed by atoms with Crippen LogP contribution in [0.1, 0.15) is 6.92 Å². The molecule has 6 heteroatoms. The van der Waals surface area contributed by atoms with Crippen LogP contribution in [-0.4, -0.2) is 32.1 Å². The van der Waals surface area contributed by atoms with Gasteiger partial charge in [-0.25, -0.2) is 0 Å². The third-order valence-corrected chi connectivity index (χ3v) is 0.941. The molecule has 0 aromatic rings. The molecule has 12 heavy (non-hydrogen) atoms. The van der Waals surface area contributed by atoms with Crippen LogP contribution in [0.3, 0.4) is 0 Å². The quantitative estimate of drug-likeness (QED) is 0.289. The number of carbonyl (C=O) groups excluding carboxylic acids is 1. The summed E-state index contributed by atoms with van der Waals surface area (Å²) in [5.74, 6) is -0.330. The zero-order valence-electron chi connectivity index (χ0n) is 7.10. The number of hydroxylamine groups is 1. The Morgan fingerprint density at radius 2 is 2.08 bits per heavy atom. The van der Waals surface area contributed by atoms with E-state index in [1.807, 2.05) is 0 Å². The van der Waals surface area contributed by atoms with E-state index in [4.69, 9.17) is 5.73 Å². The molecule has 0 unspecified atom stereocenters. The van der Waals surface area contributed by atoms with Crippen LogP contribution in [0.5, 0.6) is 0 Å². The molecular weight excluding hydrogens is 201 g/mol. The van der Waals surface area contributed by atoms with Gasteiger partial charge in [0.25, 0.3) is 0 Å². The van der Waals surface area contributed by atoms with Crippen LogP contribution in [0.2, 0.25) is 0 Å². The second-order valence-corrected chi connectivity index (χ2v) is 2.03. The first kappa shape index (κ1) is 14.4. The normalized spacial score (nSPS) is 8.83. The molecular formula is C6H15MnN3O2. The van der Waals surface area contributed by atoms with Crippen molar-refractivity contribution in [1.29, 1.82) is 0 Å². The van der Waals surface area contributed by atoms with Gasteiger partial charge in [0.1, 0.15) is 0 Å². The first-order valence-corrected chi connectivity index (χ1v) is 3.58. The van der Waals surface area contributed by atoms with Gasteiger partial charge in [0.15, 0.2) is 0 Å². The van der Waals surface area contributed by atoms with Crippen LogP contribution >= 0.6 is 0 Å². The van der Waals surface area contributed by atoms with Gasteiger partial charge in [0, 0.05) is 50.2 Å². The third kappa shape index (κ3) is 12.5. The minimum Gasteiger partial charge on any atom is -0.371 e. The predicted molar refractivity (Wildman–Crippen MR) is 41.7 cm³/mol. The smallest absolute Gasteiger partial charge is 0.321 e. The second-order valence-electron chi connectivity index (χ2n) is 2.03. The maximum atomic E-state index is 10.2. The van der Waals surface area contributed by atoms with E-state index in [1.54, 1.807) is 0 Å². The molecule has 0 atom stereocenters. The van der Waals surface area contributed by atoms with Gasteiger partial charge >= 0.3 is 5.97 Å². The largest absolute Gasteiger partial charge is 0.371 e. The van der Waals surface area contributed by atoms with Crippen molar-refractivity contribution in [2.45, 2.75) is 6.92 Å². The zero-order valence-corrected chi connectivity index (χ0v) is 8.28. The molecule has 0 aromatic heterocycles. The molecule has 4 N–H and O–H groups in total. The Labute approximate surface area is 82.8 Å². The zero-order chi connectivity index (χ0) is 8.53. The van der Waals surface area contributed by atoms with Crippen molar-refractivity contribution in [3.05, 3.63) is 0 Å². The van der Waals surface area contributed by atoms with Crippen molar-refractivity contribution in [3.63, 3.8) is 0 Å². The summed E-state index contributed by atoms with van der Waals surface area (Å²) in [5, 5.41) is 3.03.